The number of hydrogen-bond donors (Lipinski definition) is 1. The third-order valence-electron chi connectivity index (χ3n) is 4.30. The molecule has 0 unspecified atom stereocenters. The van der Waals surface area contributed by atoms with Gasteiger partial charge in [-0.3, -0.25) is 9.78 Å². The molecule has 2 rings (SSSR count). The van der Waals surface area contributed by atoms with E-state index in [1.165, 1.54) is 12.8 Å². The predicted molar refractivity (Wildman–Crippen MR) is 85.6 cm³/mol. The Hall–Kier alpha value is -1.62. The molecule has 1 aromatic rings. The highest BCUT2D eigenvalue weighted by molar-refractivity contribution is 5.92. The number of hydrogen-bond acceptors (Lipinski definition) is 4. The lowest BCUT2D eigenvalue weighted by molar-refractivity contribution is 0.0822. The van der Waals surface area contributed by atoms with Crippen molar-refractivity contribution in [1.29, 1.82) is 0 Å². The smallest absolute Gasteiger partial charge is 0.272 e. The molecule has 116 valence electrons. The molecule has 1 aromatic heterocycles. The molecule has 5 nitrogen and oxygen atoms in total. The summed E-state index contributed by atoms with van der Waals surface area (Å²) in [6, 6.07) is 3.76. The molecule has 1 amide bonds. The van der Waals surface area contributed by atoms with Crippen LogP contribution in [0.25, 0.3) is 0 Å². The SMILES string of the molecule is CN1CCC(C)(CNc2ccnc(C(=O)N(C)C)c2)CC1. The number of nitrogens with one attached hydrogen (secondary N) is 1. The van der Waals surface area contributed by atoms with E-state index in [4.69, 9.17) is 0 Å². The fraction of sp³-hybridized carbons (Fsp3) is 0.625. The second-order valence-electron chi connectivity index (χ2n) is 6.60. The van der Waals surface area contributed by atoms with Crippen LogP contribution in [0, 0.1) is 5.41 Å². The van der Waals surface area contributed by atoms with E-state index in [-0.39, 0.29) is 5.91 Å². The minimum absolute atomic E-state index is 0.0656. The number of carbonyl (C=O) groups excluding carboxylic acids is 1. The first-order valence-electron chi connectivity index (χ1n) is 7.50. The summed E-state index contributed by atoms with van der Waals surface area (Å²) >= 11 is 0. The van der Waals surface area contributed by atoms with Crippen molar-refractivity contribution in [2.75, 3.05) is 46.1 Å². The van der Waals surface area contributed by atoms with Gasteiger partial charge in [-0.1, -0.05) is 6.92 Å². The standard InChI is InChI=1S/C16H26N4O/c1-16(6-9-20(4)10-7-16)12-18-13-5-8-17-14(11-13)15(21)19(2)3/h5,8,11H,6-7,9-10,12H2,1-4H3,(H,17,18). The van der Waals surface area contributed by atoms with Crippen LogP contribution in [0.1, 0.15) is 30.3 Å². The van der Waals surface area contributed by atoms with Crippen LogP contribution in [0.3, 0.4) is 0 Å². The van der Waals surface area contributed by atoms with Crippen molar-refractivity contribution in [2.24, 2.45) is 5.41 Å². The van der Waals surface area contributed by atoms with Gasteiger partial charge in [0.25, 0.3) is 5.91 Å². The Kier molecular flexibility index (Phi) is 4.83. The highest BCUT2D eigenvalue weighted by atomic mass is 16.2. The number of rotatable bonds is 4. The second-order valence-corrected chi connectivity index (χ2v) is 6.60. The zero-order chi connectivity index (χ0) is 15.5. The van der Waals surface area contributed by atoms with Crippen LogP contribution in [0.2, 0.25) is 0 Å². The molecule has 1 fully saturated rings. The number of carbonyl (C=O) groups is 1. The zero-order valence-corrected chi connectivity index (χ0v) is 13.5. The van der Waals surface area contributed by atoms with E-state index in [0.717, 1.165) is 25.3 Å². The van der Waals surface area contributed by atoms with Crippen molar-refractivity contribution in [3.05, 3.63) is 24.0 Å². The summed E-state index contributed by atoms with van der Waals surface area (Å²) in [5.41, 5.74) is 1.77. The molecule has 0 atom stereocenters. The predicted octanol–water partition coefficient (Wildman–Crippen LogP) is 1.93. The summed E-state index contributed by atoms with van der Waals surface area (Å²) in [5, 5.41) is 3.47. The van der Waals surface area contributed by atoms with Crippen LogP contribution < -0.4 is 5.32 Å². The maximum atomic E-state index is 11.9. The van der Waals surface area contributed by atoms with Gasteiger partial charge < -0.3 is 15.1 Å². The van der Waals surface area contributed by atoms with E-state index >= 15 is 0 Å². The van der Waals surface area contributed by atoms with E-state index < -0.39 is 0 Å². The molecule has 21 heavy (non-hydrogen) atoms. The highest BCUT2D eigenvalue weighted by Crippen LogP contribution is 2.30. The summed E-state index contributed by atoms with van der Waals surface area (Å²) in [6.45, 7) is 5.57. The van der Waals surface area contributed by atoms with Gasteiger partial charge in [0, 0.05) is 32.5 Å². The van der Waals surface area contributed by atoms with Crippen LogP contribution in [0.5, 0.6) is 0 Å². The van der Waals surface area contributed by atoms with E-state index in [9.17, 15) is 4.79 Å². The highest BCUT2D eigenvalue weighted by Gasteiger charge is 2.28. The average molecular weight is 290 g/mol. The van der Waals surface area contributed by atoms with Gasteiger partial charge in [-0.25, -0.2) is 0 Å². The molecular weight excluding hydrogens is 264 g/mol. The summed E-state index contributed by atoms with van der Waals surface area (Å²) in [5.74, 6) is -0.0656. The molecule has 0 aliphatic carbocycles. The van der Waals surface area contributed by atoms with Crippen LogP contribution in [-0.2, 0) is 0 Å². The molecule has 0 radical (unpaired) electrons. The molecule has 0 spiro atoms. The van der Waals surface area contributed by atoms with Gasteiger partial charge in [0.15, 0.2) is 0 Å². The average Bonchev–Trinajstić information content (AvgIpc) is 2.48. The Bertz CT molecular complexity index is 493. The number of nitrogens with zero attached hydrogens (tertiary/aromatic N) is 3. The van der Waals surface area contributed by atoms with Crippen molar-refractivity contribution < 1.29 is 4.79 Å². The number of anilines is 1. The fourth-order valence-electron chi connectivity index (χ4n) is 2.54. The first-order chi connectivity index (χ1) is 9.89. The van der Waals surface area contributed by atoms with Crippen molar-refractivity contribution in [3.8, 4) is 0 Å². The van der Waals surface area contributed by atoms with Crippen LogP contribution >= 0.6 is 0 Å². The largest absolute Gasteiger partial charge is 0.384 e. The lowest BCUT2D eigenvalue weighted by Crippen LogP contribution is -2.40. The normalized spacial score (nSPS) is 18.3. The second kappa shape index (κ2) is 6.43. The number of amides is 1. The number of pyridine rings is 1. The lowest BCUT2D eigenvalue weighted by Gasteiger charge is -2.38. The molecule has 0 bridgehead atoms. The Balaban J connectivity index is 1.97. The van der Waals surface area contributed by atoms with Gasteiger partial charge in [-0.15, -0.1) is 0 Å². The Labute approximate surface area is 127 Å². The molecule has 0 saturated carbocycles. The van der Waals surface area contributed by atoms with E-state index in [0.29, 0.717) is 11.1 Å². The molecular formula is C16H26N4O. The topological polar surface area (TPSA) is 48.5 Å². The van der Waals surface area contributed by atoms with Gasteiger partial charge in [-0.2, -0.15) is 0 Å². The summed E-state index contributed by atoms with van der Waals surface area (Å²) in [4.78, 5) is 20.0. The first kappa shape index (κ1) is 15.8. The lowest BCUT2D eigenvalue weighted by atomic mass is 9.80. The molecule has 1 saturated heterocycles. The molecule has 5 heteroatoms. The minimum Gasteiger partial charge on any atom is -0.384 e. The van der Waals surface area contributed by atoms with Crippen LogP contribution in [-0.4, -0.2) is 61.5 Å². The van der Waals surface area contributed by atoms with Gasteiger partial charge in [-0.05, 0) is 50.5 Å². The Morgan fingerprint density at radius 1 is 1.43 bits per heavy atom. The van der Waals surface area contributed by atoms with Crippen molar-refractivity contribution in [3.63, 3.8) is 0 Å². The van der Waals surface area contributed by atoms with Crippen LogP contribution in [0.4, 0.5) is 5.69 Å². The molecule has 1 aliphatic heterocycles. The van der Waals surface area contributed by atoms with Gasteiger partial charge >= 0.3 is 0 Å². The number of piperidine rings is 1. The minimum atomic E-state index is -0.0656. The van der Waals surface area contributed by atoms with Crippen molar-refractivity contribution in [2.45, 2.75) is 19.8 Å². The fourth-order valence-corrected chi connectivity index (χ4v) is 2.54. The summed E-state index contributed by atoms with van der Waals surface area (Å²) in [7, 11) is 5.66. The third-order valence-corrected chi connectivity index (χ3v) is 4.30. The Morgan fingerprint density at radius 3 is 2.71 bits per heavy atom. The van der Waals surface area contributed by atoms with E-state index in [1.807, 2.05) is 12.1 Å². The molecule has 1 aliphatic rings. The number of aromatic nitrogens is 1. The van der Waals surface area contributed by atoms with Gasteiger partial charge in [0.05, 0.1) is 0 Å². The zero-order valence-electron chi connectivity index (χ0n) is 13.5. The molecule has 2 heterocycles. The van der Waals surface area contributed by atoms with Crippen molar-refractivity contribution >= 4 is 11.6 Å². The third kappa shape index (κ3) is 4.17. The van der Waals surface area contributed by atoms with Gasteiger partial charge in [0.1, 0.15) is 5.69 Å². The monoisotopic (exact) mass is 290 g/mol. The van der Waals surface area contributed by atoms with Crippen LogP contribution in [0.15, 0.2) is 18.3 Å². The van der Waals surface area contributed by atoms with E-state index in [2.05, 4.69) is 29.2 Å². The number of likely N-dealkylation sites (tertiary alicyclic amines) is 1. The first-order valence-corrected chi connectivity index (χ1v) is 7.50. The quantitative estimate of drug-likeness (QED) is 0.920. The maximum Gasteiger partial charge on any atom is 0.272 e. The van der Waals surface area contributed by atoms with E-state index in [1.54, 1.807) is 25.2 Å². The van der Waals surface area contributed by atoms with Crippen molar-refractivity contribution in [1.82, 2.24) is 14.8 Å². The maximum absolute atomic E-state index is 11.9. The summed E-state index contributed by atoms with van der Waals surface area (Å²) < 4.78 is 0. The Morgan fingerprint density at radius 2 is 2.10 bits per heavy atom. The molecule has 0 aromatic carbocycles. The van der Waals surface area contributed by atoms with Gasteiger partial charge in [0.2, 0.25) is 0 Å². The summed E-state index contributed by atoms with van der Waals surface area (Å²) in [6.07, 6.45) is 4.09. The molecule has 1 N–H and O–H groups in total.